The van der Waals surface area contributed by atoms with Crippen LogP contribution in [0.4, 0.5) is 11.4 Å². The van der Waals surface area contributed by atoms with Crippen LogP contribution in [0.15, 0.2) is 66.0 Å². The molecular formula is C25H21N3O5S. The molecule has 0 spiro atoms. The molecule has 4 rings (SSSR count). The van der Waals surface area contributed by atoms with Crippen molar-refractivity contribution in [1.29, 1.82) is 0 Å². The highest BCUT2D eigenvalue weighted by Crippen LogP contribution is 2.35. The lowest BCUT2D eigenvalue weighted by molar-refractivity contribution is -0.385. The third-order valence-corrected chi connectivity index (χ3v) is 6.14. The van der Waals surface area contributed by atoms with Crippen LogP contribution in [0.25, 0.3) is 21.8 Å². The van der Waals surface area contributed by atoms with Crippen molar-refractivity contribution in [3.8, 4) is 33.3 Å². The molecule has 0 saturated heterocycles. The minimum Gasteiger partial charge on any atom is -0.493 e. The number of nitro groups is 1. The zero-order valence-electron chi connectivity index (χ0n) is 18.7. The molecule has 1 aromatic heterocycles. The van der Waals surface area contributed by atoms with Crippen molar-refractivity contribution >= 4 is 28.6 Å². The van der Waals surface area contributed by atoms with Crippen LogP contribution in [-0.2, 0) is 0 Å². The number of ether oxygens (including phenoxy) is 2. The number of aryl methyl sites for hydroxylation is 1. The Bertz CT molecular complexity index is 1370. The summed E-state index contributed by atoms with van der Waals surface area (Å²) >= 11 is 1.57. The molecule has 3 aromatic carbocycles. The Balaban J connectivity index is 1.55. The van der Waals surface area contributed by atoms with Crippen LogP contribution >= 0.6 is 11.3 Å². The van der Waals surface area contributed by atoms with Gasteiger partial charge in [0.15, 0.2) is 11.5 Å². The van der Waals surface area contributed by atoms with Crippen LogP contribution in [0.1, 0.15) is 15.9 Å². The number of hydrogen-bond donors (Lipinski definition) is 1. The van der Waals surface area contributed by atoms with Gasteiger partial charge in [-0.05, 0) is 24.6 Å². The second kappa shape index (κ2) is 9.72. The molecule has 34 heavy (non-hydrogen) atoms. The Morgan fingerprint density at radius 1 is 1.03 bits per heavy atom. The number of amides is 1. The maximum absolute atomic E-state index is 12.8. The third kappa shape index (κ3) is 4.60. The summed E-state index contributed by atoms with van der Waals surface area (Å²) in [5.74, 6) is -0.235. The lowest BCUT2D eigenvalue weighted by atomic mass is 10.1. The van der Waals surface area contributed by atoms with Crippen molar-refractivity contribution < 1.29 is 19.2 Å². The minimum atomic E-state index is -0.631. The first kappa shape index (κ1) is 22.9. The fraction of sp³-hybridized carbons (Fsp3) is 0.120. The number of nitro benzene ring substituents is 1. The number of rotatable bonds is 7. The highest BCUT2D eigenvalue weighted by molar-refractivity contribution is 7.13. The molecule has 1 amide bonds. The van der Waals surface area contributed by atoms with Gasteiger partial charge >= 0.3 is 0 Å². The van der Waals surface area contributed by atoms with Crippen LogP contribution in [0, 0.1) is 17.0 Å². The smallest absolute Gasteiger partial charge is 0.286 e. The summed E-state index contributed by atoms with van der Waals surface area (Å²) in [6, 6.07) is 17.7. The maximum atomic E-state index is 12.8. The van der Waals surface area contributed by atoms with E-state index in [0.717, 1.165) is 27.4 Å². The van der Waals surface area contributed by atoms with Crippen molar-refractivity contribution in [2.45, 2.75) is 6.92 Å². The summed E-state index contributed by atoms with van der Waals surface area (Å²) in [7, 11) is 2.77. The van der Waals surface area contributed by atoms with Crippen molar-refractivity contribution in [1.82, 2.24) is 4.98 Å². The number of nitrogens with one attached hydrogen (secondary N) is 1. The van der Waals surface area contributed by atoms with Crippen molar-refractivity contribution in [2.75, 3.05) is 19.5 Å². The van der Waals surface area contributed by atoms with Gasteiger partial charge in [0, 0.05) is 28.3 Å². The van der Waals surface area contributed by atoms with E-state index in [4.69, 9.17) is 14.5 Å². The topological polar surface area (TPSA) is 104 Å². The normalized spacial score (nSPS) is 10.6. The van der Waals surface area contributed by atoms with Crippen molar-refractivity contribution in [3.63, 3.8) is 0 Å². The van der Waals surface area contributed by atoms with Gasteiger partial charge < -0.3 is 14.8 Å². The quantitative estimate of drug-likeness (QED) is 0.261. The molecule has 1 heterocycles. The SMILES string of the molecule is COc1cc(C(=O)Nc2ccc(-c3csc(-c4ccccc4C)n3)cc2)c([N+](=O)[O-])cc1OC. The molecule has 0 aliphatic rings. The molecule has 0 bridgehead atoms. The first-order chi connectivity index (χ1) is 16.4. The highest BCUT2D eigenvalue weighted by atomic mass is 32.1. The number of anilines is 1. The fourth-order valence-electron chi connectivity index (χ4n) is 3.47. The van der Waals surface area contributed by atoms with E-state index >= 15 is 0 Å². The predicted octanol–water partition coefficient (Wildman–Crippen LogP) is 5.96. The van der Waals surface area contributed by atoms with Gasteiger partial charge in [-0.2, -0.15) is 0 Å². The van der Waals surface area contributed by atoms with Gasteiger partial charge in [0.25, 0.3) is 11.6 Å². The second-order valence-corrected chi connectivity index (χ2v) is 8.22. The molecule has 0 unspecified atom stereocenters. The fourth-order valence-corrected chi connectivity index (χ4v) is 4.39. The largest absolute Gasteiger partial charge is 0.493 e. The van der Waals surface area contributed by atoms with Crippen LogP contribution in [-0.4, -0.2) is 30.0 Å². The number of benzene rings is 3. The van der Waals surface area contributed by atoms with Gasteiger partial charge in [0.05, 0.1) is 30.9 Å². The monoisotopic (exact) mass is 475 g/mol. The summed E-state index contributed by atoms with van der Waals surface area (Å²) in [5, 5.41) is 17.1. The second-order valence-electron chi connectivity index (χ2n) is 7.37. The molecule has 1 N–H and O–H groups in total. The molecule has 0 radical (unpaired) electrons. The first-order valence-electron chi connectivity index (χ1n) is 10.2. The first-order valence-corrected chi connectivity index (χ1v) is 11.1. The number of carbonyl (C=O) groups is 1. The van der Waals surface area contributed by atoms with Crippen LogP contribution < -0.4 is 14.8 Å². The Morgan fingerprint density at radius 3 is 2.35 bits per heavy atom. The van der Waals surface area contributed by atoms with Crippen LogP contribution in [0.5, 0.6) is 11.5 Å². The lowest BCUT2D eigenvalue weighted by Crippen LogP contribution is -2.14. The molecule has 0 aliphatic heterocycles. The van der Waals surface area contributed by atoms with E-state index < -0.39 is 10.8 Å². The van der Waals surface area contributed by atoms with E-state index in [0.29, 0.717) is 5.69 Å². The van der Waals surface area contributed by atoms with E-state index in [2.05, 4.69) is 18.3 Å². The molecule has 4 aromatic rings. The molecule has 0 aliphatic carbocycles. The van der Waals surface area contributed by atoms with E-state index in [1.165, 1.54) is 26.4 Å². The molecule has 0 saturated carbocycles. The van der Waals surface area contributed by atoms with Crippen molar-refractivity contribution in [3.05, 3.63) is 87.3 Å². The zero-order valence-corrected chi connectivity index (χ0v) is 19.5. The van der Waals surface area contributed by atoms with E-state index in [9.17, 15) is 14.9 Å². The van der Waals surface area contributed by atoms with E-state index in [1.54, 1.807) is 23.5 Å². The van der Waals surface area contributed by atoms with Gasteiger partial charge in [0.1, 0.15) is 10.6 Å². The summed E-state index contributed by atoms with van der Waals surface area (Å²) in [6.45, 7) is 2.05. The number of hydrogen-bond acceptors (Lipinski definition) is 7. The van der Waals surface area contributed by atoms with Gasteiger partial charge in [-0.15, -0.1) is 11.3 Å². The third-order valence-electron chi connectivity index (χ3n) is 5.26. The predicted molar refractivity (Wildman–Crippen MR) is 132 cm³/mol. The number of nitrogens with zero attached hydrogens (tertiary/aromatic N) is 2. The Labute approximate surface area is 200 Å². The summed E-state index contributed by atoms with van der Waals surface area (Å²) < 4.78 is 10.3. The van der Waals surface area contributed by atoms with Gasteiger partial charge in [0.2, 0.25) is 0 Å². The highest BCUT2D eigenvalue weighted by Gasteiger charge is 2.24. The number of carbonyl (C=O) groups excluding carboxylic acids is 1. The summed E-state index contributed by atoms with van der Waals surface area (Å²) in [4.78, 5) is 28.4. The average molecular weight is 476 g/mol. The van der Waals surface area contributed by atoms with Crippen LogP contribution in [0.3, 0.4) is 0 Å². The molecular weight excluding hydrogens is 454 g/mol. The number of thiazole rings is 1. The standard InChI is InChI=1S/C25H21N3O5S/c1-15-6-4-5-7-18(15)25-27-20(14-34-25)16-8-10-17(11-9-16)26-24(29)19-12-22(32-2)23(33-3)13-21(19)28(30)31/h4-14H,1-3H3,(H,26,29). The Hall–Kier alpha value is -4.24. The summed E-state index contributed by atoms with van der Waals surface area (Å²) in [5.41, 5.74) is 3.96. The lowest BCUT2D eigenvalue weighted by Gasteiger charge is -2.11. The molecule has 0 atom stereocenters. The Morgan fingerprint density at radius 2 is 1.71 bits per heavy atom. The van der Waals surface area contributed by atoms with Gasteiger partial charge in [-0.1, -0.05) is 36.4 Å². The molecule has 8 nitrogen and oxygen atoms in total. The van der Waals surface area contributed by atoms with Gasteiger partial charge in [-0.25, -0.2) is 4.98 Å². The Kier molecular flexibility index (Phi) is 6.55. The zero-order chi connectivity index (χ0) is 24.2. The number of aromatic nitrogens is 1. The molecule has 172 valence electrons. The van der Waals surface area contributed by atoms with E-state index in [-0.39, 0.29) is 22.7 Å². The minimum absolute atomic E-state index is 0.130. The number of methoxy groups -OCH3 is 2. The summed E-state index contributed by atoms with van der Waals surface area (Å²) in [6.07, 6.45) is 0. The molecule has 9 heteroatoms. The molecule has 0 fully saturated rings. The average Bonchev–Trinajstić information content (AvgIpc) is 3.33. The van der Waals surface area contributed by atoms with Gasteiger partial charge in [-0.3, -0.25) is 14.9 Å². The maximum Gasteiger partial charge on any atom is 0.286 e. The van der Waals surface area contributed by atoms with Crippen LogP contribution in [0.2, 0.25) is 0 Å². The van der Waals surface area contributed by atoms with Crippen molar-refractivity contribution in [2.24, 2.45) is 0 Å². The van der Waals surface area contributed by atoms with E-state index in [1.807, 2.05) is 35.7 Å².